The predicted octanol–water partition coefficient (Wildman–Crippen LogP) is 5.55. The molecule has 1 saturated carbocycles. The number of anilines is 1. The molecule has 136 valence electrons. The van der Waals surface area contributed by atoms with E-state index in [4.69, 9.17) is 0 Å². The first kappa shape index (κ1) is 18.1. The van der Waals surface area contributed by atoms with Gasteiger partial charge in [0.2, 0.25) is 0 Å². The standard InChI is InChI=1S/C23H34N2/c1-4-5-15-22(18(2)24-3)25-17-10-14-21-20(13-9-16-23(21)25)19-11-7-6-8-12-19/h4,9,13,16,19,22,24H,1-2,5-8,10-12,14-15,17H2,3H3. The van der Waals surface area contributed by atoms with E-state index in [1.807, 2.05) is 13.1 Å². The van der Waals surface area contributed by atoms with Gasteiger partial charge in [-0.25, -0.2) is 0 Å². The minimum absolute atomic E-state index is 0.351. The average molecular weight is 339 g/mol. The zero-order chi connectivity index (χ0) is 17.6. The largest absolute Gasteiger partial charge is 0.390 e. The van der Waals surface area contributed by atoms with Crippen molar-refractivity contribution < 1.29 is 0 Å². The number of nitrogens with zero attached hydrogens (tertiary/aromatic N) is 1. The summed E-state index contributed by atoms with van der Waals surface area (Å²) in [7, 11) is 1.99. The third-order valence-corrected chi connectivity index (χ3v) is 6.11. The van der Waals surface area contributed by atoms with Crippen LogP contribution in [0.1, 0.15) is 68.4 Å². The normalized spacial score (nSPS) is 19.2. The third-order valence-electron chi connectivity index (χ3n) is 6.11. The zero-order valence-electron chi connectivity index (χ0n) is 15.9. The van der Waals surface area contributed by atoms with Crippen molar-refractivity contribution in [1.29, 1.82) is 0 Å². The molecular formula is C23H34N2. The van der Waals surface area contributed by atoms with Crippen LogP contribution in [0.3, 0.4) is 0 Å². The molecule has 2 aliphatic rings. The molecule has 2 heteroatoms. The van der Waals surface area contributed by atoms with Gasteiger partial charge in [0.1, 0.15) is 0 Å². The SMILES string of the molecule is C=CCCC(C(=C)NC)N1CCCc2c(C3CCCCC3)cccc21. The van der Waals surface area contributed by atoms with Crippen LogP contribution in [0.25, 0.3) is 0 Å². The highest BCUT2D eigenvalue weighted by Gasteiger charge is 2.28. The summed E-state index contributed by atoms with van der Waals surface area (Å²) in [6.07, 6.45) is 13.6. The van der Waals surface area contributed by atoms with Gasteiger partial charge in [0.25, 0.3) is 0 Å². The van der Waals surface area contributed by atoms with Crippen LogP contribution in [0.2, 0.25) is 0 Å². The summed E-state index contributed by atoms with van der Waals surface area (Å²) in [6.45, 7) is 9.34. The molecule has 1 aromatic rings. The number of allylic oxidation sites excluding steroid dienone is 1. The first-order valence-corrected chi connectivity index (χ1v) is 10.1. The van der Waals surface area contributed by atoms with E-state index in [-0.39, 0.29) is 0 Å². The number of likely N-dealkylation sites (N-methyl/N-ethyl adjacent to an activating group) is 1. The Kier molecular flexibility index (Phi) is 6.23. The molecule has 0 saturated heterocycles. The summed E-state index contributed by atoms with van der Waals surface area (Å²) in [5, 5.41) is 3.31. The number of rotatable bonds is 7. The second-order valence-electron chi connectivity index (χ2n) is 7.63. The van der Waals surface area contributed by atoms with E-state index in [0.29, 0.717) is 6.04 Å². The zero-order valence-corrected chi connectivity index (χ0v) is 15.9. The van der Waals surface area contributed by atoms with Crippen LogP contribution in [0, 0.1) is 0 Å². The van der Waals surface area contributed by atoms with Gasteiger partial charge in [0, 0.05) is 25.0 Å². The molecule has 25 heavy (non-hydrogen) atoms. The van der Waals surface area contributed by atoms with Crippen molar-refractivity contribution in [3.05, 3.63) is 54.3 Å². The van der Waals surface area contributed by atoms with Gasteiger partial charge in [-0.05, 0) is 61.6 Å². The average Bonchev–Trinajstić information content (AvgIpc) is 2.68. The molecule has 2 nitrogen and oxygen atoms in total. The molecule has 1 fully saturated rings. The van der Waals surface area contributed by atoms with Gasteiger partial charge in [-0.3, -0.25) is 0 Å². The number of fused-ring (bicyclic) bond motifs is 1. The Balaban J connectivity index is 1.92. The van der Waals surface area contributed by atoms with Crippen LogP contribution in [0.5, 0.6) is 0 Å². The fourth-order valence-corrected chi connectivity index (χ4v) is 4.76. The Labute approximate surface area is 154 Å². The van der Waals surface area contributed by atoms with Crippen LogP contribution in [-0.4, -0.2) is 19.6 Å². The second-order valence-corrected chi connectivity index (χ2v) is 7.63. The smallest absolute Gasteiger partial charge is 0.0685 e. The molecule has 3 rings (SSSR count). The first-order valence-electron chi connectivity index (χ1n) is 10.1. The molecular weight excluding hydrogens is 304 g/mol. The van der Waals surface area contributed by atoms with Crippen molar-refractivity contribution in [2.75, 3.05) is 18.5 Å². The lowest BCUT2D eigenvalue weighted by Gasteiger charge is -2.40. The van der Waals surface area contributed by atoms with Crippen LogP contribution in [0.15, 0.2) is 43.1 Å². The summed E-state index contributed by atoms with van der Waals surface area (Å²) >= 11 is 0. The maximum absolute atomic E-state index is 4.30. The molecule has 1 unspecified atom stereocenters. The maximum atomic E-state index is 4.30. The van der Waals surface area contributed by atoms with Crippen molar-refractivity contribution in [2.24, 2.45) is 0 Å². The summed E-state index contributed by atoms with van der Waals surface area (Å²) in [6, 6.07) is 7.38. The summed E-state index contributed by atoms with van der Waals surface area (Å²) < 4.78 is 0. The second kappa shape index (κ2) is 8.60. The minimum atomic E-state index is 0.351. The van der Waals surface area contributed by atoms with Crippen LogP contribution in [0.4, 0.5) is 5.69 Å². The van der Waals surface area contributed by atoms with Gasteiger partial charge in [0.15, 0.2) is 0 Å². The van der Waals surface area contributed by atoms with E-state index in [0.717, 1.165) is 31.0 Å². The summed E-state index contributed by atoms with van der Waals surface area (Å²) in [5.74, 6) is 0.780. The Morgan fingerprint density at radius 2 is 2.08 bits per heavy atom. The topological polar surface area (TPSA) is 15.3 Å². The van der Waals surface area contributed by atoms with E-state index in [1.54, 1.807) is 11.1 Å². The Morgan fingerprint density at radius 1 is 1.28 bits per heavy atom. The molecule has 1 aliphatic carbocycles. The lowest BCUT2D eigenvalue weighted by Crippen LogP contribution is -2.43. The number of benzene rings is 1. The quantitative estimate of drug-likeness (QED) is 0.655. The van der Waals surface area contributed by atoms with Crippen LogP contribution >= 0.6 is 0 Å². The lowest BCUT2D eigenvalue weighted by molar-refractivity contribution is 0.440. The van der Waals surface area contributed by atoms with E-state index in [9.17, 15) is 0 Å². The summed E-state index contributed by atoms with van der Waals surface area (Å²) in [5.41, 5.74) is 5.84. The monoisotopic (exact) mass is 338 g/mol. The Bertz CT molecular complexity index is 598. The highest BCUT2D eigenvalue weighted by molar-refractivity contribution is 5.61. The van der Waals surface area contributed by atoms with Crippen LogP contribution in [-0.2, 0) is 6.42 Å². The Morgan fingerprint density at radius 3 is 2.80 bits per heavy atom. The maximum Gasteiger partial charge on any atom is 0.0685 e. The van der Waals surface area contributed by atoms with Gasteiger partial charge in [-0.2, -0.15) is 0 Å². The highest BCUT2D eigenvalue weighted by Crippen LogP contribution is 2.40. The molecule has 0 bridgehead atoms. The van der Waals surface area contributed by atoms with Gasteiger partial charge in [0.05, 0.1) is 6.04 Å². The molecule has 1 aliphatic heterocycles. The van der Waals surface area contributed by atoms with Gasteiger partial charge in [-0.15, -0.1) is 6.58 Å². The molecule has 1 N–H and O–H groups in total. The van der Waals surface area contributed by atoms with E-state index >= 15 is 0 Å². The fraction of sp³-hybridized carbons (Fsp3) is 0.565. The molecule has 0 aromatic heterocycles. The van der Waals surface area contributed by atoms with E-state index in [1.165, 1.54) is 50.6 Å². The van der Waals surface area contributed by atoms with E-state index in [2.05, 4.69) is 41.6 Å². The van der Waals surface area contributed by atoms with Crippen molar-refractivity contribution in [3.63, 3.8) is 0 Å². The minimum Gasteiger partial charge on any atom is -0.390 e. The lowest BCUT2D eigenvalue weighted by atomic mass is 9.80. The van der Waals surface area contributed by atoms with Crippen molar-refractivity contribution in [3.8, 4) is 0 Å². The summed E-state index contributed by atoms with van der Waals surface area (Å²) in [4.78, 5) is 2.60. The number of hydrogen-bond donors (Lipinski definition) is 1. The molecule has 0 amide bonds. The molecule has 1 atom stereocenters. The first-order chi connectivity index (χ1) is 12.3. The number of hydrogen-bond acceptors (Lipinski definition) is 2. The predicted molar refractivity (Wildman–Crippen MR) is 109 cm³/mol. The highest BCUT2D eigenvalue weighted by atomic mass is 15.2. The molecule has 0 radical (unpaired) electrons. The van der Waals surface area contributed by atoms with Gasteiger partial charge < -0.3 is 10.2 Å². The fourth-order valence-electron chi connectivity index (χ4n) is 4.76. The molecule has 1 aromatic carbocycles. The van der Waals surface area contributed by atoms with Crippen molar-refractivity contribution >= 4 is 5.69 Å². The van der Waals surface area contributed by atoms with Crippen molar-refractivity contribution in [1.82, 2.24) is 5.32 Å². The van der Waals surface area contributed by atoms with Crippen molar-refractivity contribution in [2.45, 2.75) is 69.7 Å². The van der Waals surface area contributed by atoms with Gasteiger partial charge >= 0.3 is 0 Å². The Hall–Kier alpha value is -1.70. The van der Waals surface area contributed by atoms with E-state index < -0.39 is 0 Å². The third kappa shape index (κ3) is 3.94. The molecule has 0 spiro atoms. The molecule has 1 heterocycles. The van der Waals surface area contributed by atoms with Crippen LogP contribution < -0.4 is 10.2 Å². The number of nitrogens with one attached hydrogen (secondary N) is 1. The van der Waals surface area contributed by atoms with Gasteiger partial charge in [-0.1, -0.05) is 44.1 Å².